The summed E-state index contributed by atoms with van der Waals surface area (Å²) in [5.41, 5.74) is 0. The number of carbonyl (C=O) groups excluding carboxylic acids is 1. The van der Waals surface area contributed by atoms with Gasteiger partial charge in [0.05, 0.1) is 18.4 Å². The highest BCUT2D eigenvalue weighted by molar-refractivity contribution is 5.79. The van der Waals surface area contributed by atoms with Crippen molar-refractivity contribution in [3.05, 3.63) is 0 Å². The van der Waals surface area contributed by atoms with Crippen molar-refractivity contribution in [3.63, 3.8) is 0 Å². The summed E-state index contributed by atoms with van der Waals surface area (Å²) >= 11 is 0. The van der Waals surface area contributed by atoms with Crippen molar-refractivity contribution in [2.75, 3.05) is 13.1 Å². The average molecular weight is 265 g/mol. The van der Waals surface area contributed by atoms with Gasteiger partial charge in [0.1, 0.15) is 0 Å². The van der Waals surface area contributed by atoms with Crippen LogP contribution in [0.2, 0.25) is 0 Å². The lowest BCUT2D eigenvalue weighted by molar-refractivity contribution is -0.184. The second-order valence-corrected chi connectivity index (χ2v) is 5.42. The Morgan fingerprint density at radius 3 is 2.28 bits per heavy atom. The highest BCUT2D eigenvalue weighted by atomic mass is 19.4. The summed E-state index contributed by atoms with van der Waals surface area (Å²) in [5, 5.41) is 9.34. The van der Waals surface area contributed by atoms with Gasteiger partial charge in [-0.15, -0.1) is 0 Å². The Hall–Kier alpha value is -0.780. The number of β-amino-alcohol motifs (C(OH)–C–C–N with tert-alkyl or cyclic N) is 1. The summed E-state index contributed by atoms with van der Waals surface area (Å²) in [4.78, 5) is 13.1. The molecule has 1 unspecified atom stereocenters. The molecule has 2 rings (SSSR count). The first-order chi connectivity index (χ1) is 8.36. The minimum absolute atomic E-state index is 0.0829. The zero-order chi connectivity index (χ0) is 13.3. The predicted octanol–water partition coefficient (Wildman–Crippen LogP) is 1.95. The number of amides is 1. The van der Waals surface area contributed by atoms with Crippen molar-refractivity contribution in [2.24, 2.45) is 11.8 Å². The normalized spacial score (nSPS) is 34.1. The number of carbonyl (C=O) groups is 1. The molecule has 2 fully saturated rings. The second kappa shape index (κ2) is 5.07. The minimum atomic E-state index is -4.08. The summed E-state index contributed by atoms with van der Waals surface area (Å²) in [5.74, 6) is -1.10. The fraction of sp³-hybridized carbons (Fsp3) is 0.917. The Kier molecular flexibility index (Phi) is 3.84. The van der Waals surface area contributed by atoms with Gasteiger partial charge < -0.3 is 10.0 Å². The fourth-order valence-electron chi connectivity index (χ4n) is 2.91. The van der Waals surface area contributed by atoms with Crippen LogP contribution in [0.4, 0.5) is 13.2 Å². The highest BCUT2D eigenvalue weighted by Gasteiger charge is 2.42. The average Bonchev–Trinajstić information content (AvgIpc) is 2.57. The molecule has 1 saturated heterocycles. The van der Waals surface area contributed by atoms with Crippen LogP contribution in [-0.2, 0) is 4.79 Å². The van der Waals surface area contributed by atoms with E-state index in [-0.39, 0.29) is 31.1 Å². The van der Waals surface area contributed by atoms with Crippen molar-refractivity contribution in [3.8, 4) is 0 Å². The van der Waals surface area contributed by atoms with Gasteiger partial charge in [-0.25, -0.2) is 0 Å². The molecule has 1 aliphatic carbocycles. The lowest BCUT2D eigenvalue weighted by atomic mass is 9.81. The second-order valence-electron chi connectivity index (χ2n) is 5.42. The van der Waals surface area contributed by atoms with Gasteiger partial charge in [-0.2, -0.15) is 13.2 Å². The Balaban J connectivity index is 1.79. The van der Waals surface area contributed by atoms with Gasteiger partial charge in [-0.05, 0) is 31.6 Å². The zero-order valence-electron chi connectivity index (χ0n) is 10.1. The van der Waals surface area contributed by atoms with Gasteiger partial charge in [-0.1, -0.05) is 0 Å². The van der Waals surface area contributed by atoms with Crippen molar-refractivity contribution < 1.29 is 23.1 Å². The SMILES string of the molecule is O=C1CC(O)CN1CC1CCC(C(F)(F)F)CC1. The molecule has 0 aromatic carbocycles. The Morgan fingerprint density at radius 1 is 1.22 bits per heavy atom. The van der Waals surface area contributed by atoms with Crippen LogP contribution in [0.15, 0.2) is 0 Å². The molecule has 1 aliphatic heterocycles. The van der Waals surface area contributed by atoms with Gasteiger partial charge in [0, 0.05) is 13.1 Å². The van der Waals surface area contributed by atoms with Gasteiger partial charge >= 0.3 is 6.18 Å². The monoisotopic (exact) mass is 265 g/mol. The number of halogens is 3. The van der Waals surface area contributed by atoms with Crippen LogP contribution >= 0.6 is 0 Å². The summed E-state index contributed by atoms with van der Waals surface area (Å²) < 4.78 is 37.5. The number of alkyl halides is 3. The number of rotatable bonds is 2. The van der Waals surface area contributed by atoms with Crippen LogP contribution in [0, 0.1) is 11.8 Å². The van der Waals surface area contributed by atoms with E-state index in [4.69, 9.17) is 0 Å². The molecule has 2 aliphatic rings. The van der Waals surface area contributed by atoms with Crippen molar-refractivity contribution in [1.29, 1.82) is 0 Å². The molecular formula is C12H18F3NO2. The third-order valence-electron chi connectivity index (χ3n) is 3.98. The maximum Gasteiger partial charge on any atom is 0.391 e. The van der Waals surface area contributed by atoms with E-state index >= 15 is 0 Å². The summed E-state index contributed by atoms with van der Waals surface area (Å²) in [6, 6.07) is 0. The number of nitrogens with zero attached hydrogens (tertiary/aromatic N) is 1. The topological polar surface area (TPSA) is 40.5 Å². The van der Waals surface area contributed by atoms with Gasteiger partial charge in [0.25, 0.3) is 0 Å². The van der Waals surface area contributed by atoms with Crippen LogP contribution in [0.3, 0.4) is 0 Å². The number of aliphatic hydroxyl groups is 1. The maximum absolute atomic E-state index is 12.5. The Morgan fingerprint density at radius 2 is 1.83 bits per heavy atom. The van der Waals surface area contributed by atoms with Gasteiger partial charge in [-0.3, -0.25) is 4.79 Å². The molecule has 0 aromatic rings. The summed E-state index contributed by atoms with van der Waals surface area (Å²) in [7, 11) is 0. The molecule has 6 heteroatoms. The van der Waals surface area contributed by atoms with Crippen LogP contribution in [0.5, 0.6) is 0 Å². The standard InChI is InChI=1S/C12H18F3NO2/c13-12(14,15)9-3-1-8(2-4-9)6-16-7-10(17)5-11(16)18/h8-10,17H,1-7H2. The Labute approximate surface area is 104 Å². The first-order valence-corrected chi connectivity index (χ1v) is 6.39. The smallest absolute Gasteiger partial charge is 0.391 e. The van der Waals surface area contributed by atoms with Crippen molar-refractivity contribution >= 4 is 5.91 Å². The molecule has 1 amide bonds. The largest absolute Gasteiger partial charge is 0.391 e. The number of hydrogen-bond acceptors (Lipinski definition) is 2. The third-order valence-corrected chi connectivity index (χ3v) is 3.98. The molecule has 1 saturated carbocycles. The highest BCUT2D eigenvalue weighted by Crippen LogP contribution is 2.39. The van der Waals surface area contributed by atoms with E-state index in [1.807, 2.05) is 0 Å². The molecule has 0 bridgehead atoms. The summed E-state index contributed by atoms with van der Waals surface area (Å²) in [6.07, 6.45) is -3.17. The van der Waals surface area contributed by atoms with Crippen LogP contribution in [0.25, 0.3) is 0 Å². The van der Waals surface area contributed by atoms with E-state index in [2.05, 4.69) is 0 Å². The lowest BCUT2D eigenvalue weighted by Crippen LogP contribution is -2.35. The molecule has 1 N–H and O–H groups in total. The van der Waals surface area contributed by atoms with Gasteiger partial charge in [0.15, 0.2) is 0 Å². The summed E-state index contributed by atoms with van der Waals surface area (Å²) in [6.45, 7) is 0.832. The molecule has 0 radical (unpaired) electrons. The molecule has 0 aromatic heterocycles. The number of aliphatic hydroxyl groups excluding tert-OH is 1. The molecule has 18 heavy (non-hydrogen) atoms. The predicted molar refractivity (Wildman–Crippen MR) is 58.7 cm³/mol. The molecule has 0 spiro atoms. The van der Waals surface area contributed by atoms with E-state index in [0.29, 0.717) is 25.9 Å². The molecule has 104 valence electrons. The van der Waals surface area contributed by atoms with Crippen LogP contribution in [0.1, 0.15) is 32.1 Å². The van der Waals surface area contributed by atoms with Gasteiger partial charge in [0.2, 0.25) is 5.91 Å². The maximum atomic E-state index is 12.5. The number of hydrogen-bond donors (Lipinski definition) is 1. The van der Waals surface area contributed by atoms with Crippen LogP contribution < -0.4 is 0 Å². The van der Waals surface area contributed by atoms with E-state index < -0.39 is 18.2 Å². The fourth-order valence-corrected chi connectivity index (χ4v) is 2.91. The van der Waals surface area contributed by atoms with E-state index in [1.165, 1.54) is 0 Å². The number of likely N-dealkylation sites (tertiary alicyclic amines) is 1. The van der Waals surface area contributed by atoms with E-state index in [9.17, 15) is 23.1 Å². The first kappa shape index (κ1) is 13.6. The molecule has 3 nitrogen and oxygen atoms in total. The molecular weight excluding hydrogens is 247 g/mol. The lowest BCUT2D eigenvalue weighted by Gasteiger charge is -2.32. The molecule has 1 atom stereocenters. The minimum Gasteiger partial charge on any atom is -0.391 e. The van der Waals surface area contributed by atoms with E-state index in [0.717, 1.165) is 0 Å². The zero-order valence-corrected chi connectivity index (χ0v) is 10.1. The first-order valence-electron chi connectivity index (χ1n) is 6.39. The van der Waals surface area contributed by atoms with Crippen molar-refractivity contribution in [1.82, 2.24) is 4.90 Å². The third kappa shape index (κ3) is 3.16. The van der Waals surface area contributed by atoms with Crippen LogP contribution in [-0.4, -0.2) is 41.3 Å². The van der Waals surface area contributed by atoms with Crippen molar-refractivity contribution in [2.45, 2.75) is 44.4 Å². The molecule has 1 heterocycles. The Bertz CT molecular complexity index is 311. The quantitative estimate of drug-likeness (QED) is 0.829. The van der Waals surface area contributed by atoms with E-state index in [1.54, 1.807) is 4.90 Å².